The number of rotatable bonds is 4. The Kier molecular flexibility index (Phi) is 3.55. The highest BCUT2D eigenvalue weighted by atomic mass is 19.1. The molecule has 1 aromatic rings. The Hall–Kier alpha value is -1.98. The monoisotopic (exact) mass is 253 g/mol. The van der Waals surface area contributed by atoms with Gasteiger partial charge in [0, 0.05) is 25.3 Å². The number of hydrogen-bond donors (Lipinski definition) is 1. The number of amidine groups is 1. The molecular formula is C12H16FN3O2. The van der Waals surface area contributed by atoms with Gasteiger partial charge in [0.15, 0.2) is 11.6 Å². The lowest BCUT2D eigenvalue weighted by Crippen LogP contribution is -2.28. The number of hydrogen-bond acceptors (Lipinski definition) is 5. The Labute approximate surface area is 105 Å². The van der Waals surface area contributed by atoms with Crippen LogP contribution in [0.1, 0.15) is 0 Å². The number of halogens is 1. The number of ether oxygens (including phenoxy) is 2. The van der Waals surface area contributed by atoms with Crippen LogP contribution in [-0.4, -0.2) is 39.4 Å². The summed E-state index contributed by atoms with van der Waals surface area (Å²) in [5.74, 6) is -0.147. The highest BCUT2D eigenvalue weighted by Crippen LogP contribution is 2.24. The fourth-order valence-electron chi connectivity index (χ4n) is 1.84. The van der Waals surface area contributed by atoms with E-state index in [1.807, 2.05) is 11.9 Å². The van der Waals surface area contributed by atoms with Crippen LogP contribution in [0.5, 0.6) is 5.75 Å². The number of anilines is 1. The highest BCUT2D eigenvalue weighted by Gasteiger charge is 2.19. The van der Waals surface area contributed by atoms with E-state index in [1.54, 1.807) is 12.1 Å². The summed E-state index contributed by atoms with van der Waals surface area (Å²) in [5, 5.41) is 0. The second-order valence-electron chi connectivity index (χ2n) is 4.13. The van der Waals surface area contributed by atoms with Crippen molar-refractivity contribution >= 4 is 11.7 Å². The van der Waals surface area contributed by atoms with E-state index in [0.29, 0.717) is 13.2 Å². The quantitative estimate of drug-likeness (QED) is 0.869. The third kappa shape index (κ3) is 2.64. The van der Waals surface area contributed by atoms with Crippen LogP contribution >= 0.6 is 0 Å². The van der Waals surface area contributed by atoms with Crippen LogP contribution in [0.3, 0.4) is 0 Å². The maximum absolute atomic E-state index is 13.3. The molecule has 1 atom stereocenters. The molecule has 98 valence electrons. The Morgan fingerprint density at radius 1 is 1.61 bits per heavy atom. The molecule has 0 bridgehead atoms. The van der Waals surface area contributed by atoms with Crippen molar-refractivity contribution in [1.82, 2.24) is 0 Å². The maximum Gasteiger partial charge on any atom is 0.282 e. The van der Waals surface area contributed by atoms with Crippen molar-refractivity contribution in [3.05, 3.63) is 24.0 Å². The predicted molar refractivity (Wildman–Crippen MR) is 67.6 cm³/mol. The molecule has 0 saturated carbocycles. The molecule has 0 spiro atoms. The third-order valence-electron chi connectivity index (χ3n) is 2.79. The smallest absolute Gasteiger partial charge is 0.282 e. The number of nitrogens with two attached hydrogens (primary N) is 1. The van der Waals surface area contributed by atoms with Crippen LogP contribution in [0.2, 0.25) is 0 Å². The summed E-state index contributed by atoms with van der Waals surface area (Å²) in [5.41, 5.74) is 6.30. The average Bonchev–Trinajstić information content (AvgIpc) is 2.75. The SMILES string of the molecule is COc1cc(N(C)C[C@@H]2COC(N)=N2)ccc1F. The zero-order valence-electron chi connectivity index (χ0n) is 10.4. The predicted octanol–water partition coefficient (Wildman–Crippen LogP) is 0.984. The Morgan fingerprint density at radius 3 is 3.00 bits per heavy atom. The van der Waals surface area contributed by atoms with Gasteiger partial charge in [-0.15, -0.1) is 0 Å². The van der Waals surface area contributed by atoms with Gasteiger partial charge in [0.05, 0.1) is 7.11 Å². The van der Waals surface area contributed by atoms with Gasteiger partial charge < -0.3 is 20.1 Å². The lowest BCUT2D eigenvalue weighted by molar-refractivity contribution is 0.314. The molecule has 0 aliphatic carbocycles. The Morgan fingerprint density at radius 2 is 2.39 bits per heavy atom. The summed E-state index contributed by atoms with van der Waals surface area (Å²) < 4.78 is 23.3. The highest BCUT2D eigenvalue weighted by molar-refractivity contribution is 5.73. The summed E-state index contributed by atoms with van der Waals surface area (Å²) in [7, 11) is 3.34. The molecule has 0 saturated heterocycles. The minimum Gasteiger partial charge on any atom is -0.494 e. The first kappa shape index (κ1) is 12.5. The number of aliphatic imine (C=N–C) groups is 1. The maximum atomic E-state index is 13.3. The molecule has 0 amide bonds. The first-order chi connectivity index (χ1) is 8.60. The first-order valence-electron chi connectivity index (χ1n) is 5.61. The minimum absolute atomic E-state index is 0.00560. The summed E-state index contributed by atoms with van der Waals surface area (Å²) >= 11 is 0. The molecule has 1 heterocycles. The largest absolute Gasteiger partial charge is 0.494 e. The fourth-order valence-corrected chi connectivity index (χ4v) is 1.84. The Bertz CT molecular complexity index is 465. The van der Waals surface area contributed by atoms with Gasteiger partial charge in [-0.05, 0) is 12.1 Å². The van der Waals surface area contributed by atoms with E-state index in [2.05, 4.69) is 4.99 Å². The zero-order chi connectivity index (χ0) is 13.1. The van der Waals surface area contributed by atoms with E-state index >= 15 is 0 Å². The second kappa shape index (κ2) is 5.12. The fraction of sp³-hybridized carbons (Fsp3) is 0.417. The van der Waals surface area contributed by atoms with E-state index < -0.39 is 0 Å². The number of nitrogens with zero attached hydrogens (tertiary/aromatic N) is 2. The molecular weight excluding hydrogens is 237 g/mol. The molecule has 0 unspecified atom stereocenters. The number of methoxy groups -OCH3 is 1. The summed E-state index contributed by atoms with van der Waals surface area (Å²) in [6.07, 6.45) is 0. The lowest BCUT2D eigenvalue weighted by atomic mass is 10.2. The first-order valence-corrected chi connectivity index (χ1v) is 5.61. The van der Waals surface area contributed by atoms with Crippen LogP contribution in [-0.2, 0) is 4.74 Å². The average molecular weight is 253 g/mol. The molecule has 2 rings (SSSR count). The van der Waals surface area contributed by atoms with Gasteiger partial charge in [-0.1, -0.05) is 0 Å². The van der Waals surface area contributed by atoms with E-state index in [1.165, 1.54) is 13.2 Å². The zero-order valence-corrected chi connectivity index (χ0v) is 10.4. The van der Waals surface area contributed by atoms with Crippen molar-refractivity contribution in [2.75, 3.05) is 32.2 Å². The van der Waals surface area contributed by atoms with Crippen LogP contribution in [0.25, 0.3) is 0 Å². The molecule has 6 heteroatoms. The molecule has 0 fully saturated rings. The molecule has 5 nitrogen and oxygen atoms in total. The molecule has 1 aromatic carbocycles. The van der Waals surface area contributed by atoms with Gasteiger partial charge in [0.25, 0.3) is 6.02 Å². The molecule has 1 aliphatic heterocycles. The van der Waals surface area contributed by atoms with Crippen molar-refractivity contribution in [2.24, 2.45) is 10.7 Å². The van der Waals surface area contributed by atoms with Crippen molar-refractivity contribution in [3.8, 4) is 5.75 Å². The van der Waals surface area contributed by atoms with E-state index in [0.717, 1.165) is 5.69 Å². The Balaban J connectivity index is 2.06. The lowest BCUT2D eigenvalue weighted by Gasteiger charge is -2.21. The summed E-state index contributed by atoms with van der Waals surface area (Å²) in [4.78, 5) is 6.10. The topological polar surface area (TPSA) is 60.1 Å². The van der Waals surface area contributed by atoms with Crippen LogP contribution < -0.4 is 15.4 Å². The molecule has 18 heavy (non-hydrogen) atoms. The molecule has 0 aromatic heterocycles. The van der Waals surface area contributed by atoms with Gasteiger partial charge in [-0.2, -0.15) is 0 Å². The number of benzene rings is 1. The van der Waals surface area contributed by atoms with Gasteiger partial charge in [-0.25, -0.2) is 9.38 Å². The summed E-state index contributed by atoms with van der Waals surface area (Å²) in [6.45, 7) is 1.13. The third-order valence-corrected chi connectivity index (χ3v) is 2.79. The van der Waals surface area contributed by atoms with E-state index in [-0.39, 0.29) is 23.6 Å². The van der Waals surface area contributed by atoms with Crippen molar-refractivity contribution < 1.29 is 13.9 Å². The van der Waals surface area contributed by atoms with Crippen molar-refractivity contribution in [3.63, 3.8) is 0 Å². The summed E-state index contributed by atoms with van der Waals surface area (Å²) in [6, 6.07) is 4.96. The molecule has 2 N–H and O–H groups in total. The van der Waals surface area contributed by atoms with E-state index in [9.17, 15) is 4.39 Å². The van der Waals surface area contributed by atoms with Crippen molar-refractivity contribution in [2.45, 2.75) is 6.04 Å². The van der Waals surface area contributed by atoms with Gasteiger partial charge in [0.2, 0.25) is 0 Å². The standard InChI is InChI=1S/C12H16FN3O2/c1-16(6-8-7-18-12(14)15-8)9-3-4-10(13)11(5-9)17-2/h3-5,8H,6-7H2,1-2H3,(H2,14,15)/t8-/m1/s1. The van der Waals surface area contributed by atoms with Gasteiger partial charge in [-0.3, -0.25) is 0 Å². The van der Waals surface area contributed by atoms with Crippen LogP contribution in [0.15, 0.2) is 23.2 Å². The number of likely N-dealkylation sites (N-methyl/N-ethyl adjacent to an activating group) is 1. The second-order valence-corrected chi connectivity index (χ2v) is 4.13. The van der Waals surface area contributed by atoms with Crippen LogP contribution in [0, 0.1) is 5.82 Å². The van der Waals surface area contributed by atoms with Crippen molar-refractivity contribution in [1.29, 1.82) is 0 Å². The molecule has 0 radical (unpaired) electrons. The molecule has 1 aliphatic rings. The van der Waals surface area contributed by atoms with Gasteiger partial charge in [0.1, 0.15) is 12.6 Å². The normalized spacial score (nSPS) is 18.2. The minimum atomic E-state index is -0.374. The van der Waals surface area contributed by atoms with Gasteiger partial charge >= 0.3 is 0 Å². The van der Waals surface area contributed by atoms with Crippen LogP contribution in [0.4, 0.5) is 10.1 Å². The van der Waals surface area contributed by atoms with E-state index in [4.69, 9.17) is 15.2 Å².